The number of ketones is 1. The number of carbonyl (C=O) groups excluding carboxylic acids is 2. The molecule has 1 rings (SSSR count). The van der Waals surface area contributed by atoms with E-state index in [2.05, 4.69) is 15.9 Å². The van der Waals surface area contributed by atoms with E-state index in [1.807, 2.05) is 6.92 Å². The van der Waals surface area contributed by atoms with Crippen molar-refractivity contribution in [2.45, 2.75) is 19.9 Å². The highest BCUT2D eigenvalue weighted by atomic mass is 79.9. The topological polar surface area (TPSA) is 39.1 Å². The molecule has 13 heavy (non-hydrogen) atoms. The summed E-state index contributed by atoms with van der Waals surface area (Å²) >= 11 is 3.23. The van der Waals surface area contributed by atoms with Crippen molar-refractivity contribution in [3.63, 3.8) is 0 Å². The van der Waals surface area contributed by atoms with Gasteiger partial charge in [-0.15, -0.1) is 0 Å². The molecule has 0 unspecified atom stereocenters. The van der Waals surface area contributed by atoms with Gasteiger partial charge < -0.3 is 4.57 Å². The van der Waals surface area contributed by atoms with Crippen molar-refractivity contribution in [2.75, 3.05) is 0 Å². The van der Waals surface area contributed by atoms with Crippen LogP contribution in [0, 0.1) is 0 Å². The Kier molecular flexibility index (Phi) is 3.42. The van der Waals surface area contributed by atoms with Gasteiger partial charge in [-0.05, 0) is 22.0 Å². The van der Waals surface area contributed by atoms with E-state index in [0.29, 0.717) is 12.1 Å². The Morgan fingerprint density at radius 1 is 1.69 bits per heavy atom. The summed E-state index contributed by atoms with van der Waals surface area (Å²) in [7, 11) is 0. The van der Waals surface area contributed by atoms with Gasteiger partial charge in [-0.1, -0.05) is 6.92 Å². The zero-order valence-electron chi connectivity index (χ0n) is 7.29. The van der Waals surface area contributed by atoms with E-state index < -0.39 is 0 Å². The first-order chi connectivity index (χ1) is 6.19. The van der Waals surface area contributed by atoms with E-state index in [-0.39, 0.29) is 12.3 Å². The third-order valence-electron chi connectivity index (χ3n) is 1.81. The molecule has 0 atom stereocenters. The number of aromatic nitrogens is 1. The highest BCUT2D eigenvalue weighted by Crippen LogP contribution is 2.16. The molecule has 70 valence electrons. The van der Waals surface area contributed by atoms with Gasteiger partial charge in [0.15, 0.2) is 12.1 Å². The molecule has 0 bridgehead atoms. The van der Waals surface area contributed by atoms with Crippen molar-refractivity contribution < 1.29 is 9.59 Å². The van der Waals surface area contributed by atoms with E-state index in [0.717, 1.165) is 10.8 Å². The molecule has 0 saturated heterocycles. The lowest BCUT2D eigenvalue weighted by atomic mass is 10.3. The van der Waals surface area contributed by atoms with Crippen molar-refractivity contribution in [1.29, 1.82) is 0 Å². The summed E-state index contributed by atoms with van der Waals surface area (Å²) in [5.41, 5.74) is 0.516. The van der Waals surface area contributed by atoms with Gasteiger partial charge in [-0.25, -0.2) is 0 Å². The van der Waals surface area contributed by atoms with Crippen LogP contribution in [0.3, 0.4) is 0 Å². The fourth-order valence-electron chi connectivity index (χ4n) is 1.02. The highest BCUT2D eigenvalue weighted by molar-refractivity contribution is 9.10. The highest BCUT2D eigenvalue weighted by Gasteiger charge is 2.07. The second kappa shape index (κ2) is 4.37. The summed E-state index contributed by atoms with van der Waals surface area (Å²) in [6, 6.07) is 1.76. The van der Waals surface area contributed by atoms with Gasteiger partial charge in [0, 0.05) is 17.1 Å². The van der Waals surface area contributed by atoms with Gasteiger partial charge in [0.2, 0.25) is 0 Å². The average Bonchev–Trinajstić information content (AvgIpc) is 2.46. The minimum absolute atomic E-state index is 0.117. The molecule has 0 aromatic carbocycles. The van der Waals surface area contributed by atoms with Gasteiger partial charge in [0.05, 0.1) is 12.2 Å². The summed E-state index contributed by atoms with van der Waals surface area (Å²) in [6.07, 6.45) is 2.96. The molecule has 3 nitrogen and oxygen atoms in total. The van der Waals surface area contributed by atoms with E-state index >= 15 is 0 Å². The molecule has 1 heterocycles. The van der Waals surface area contributed by atoms with Crippen molar-refractivity contribution in [1.82, 2.24) is 4.57 Å². The Balaban J connectivity index is 2.88. The summed E-state index contributed by atoms with van der Waals surface area (Å²) < 4.78 is 2.37. The first-order valence-corrected chi connectivity index (χ1v) is 4.79. The molecule has 0 spiro atoms. The molecule has 0 amide bonds. The first-order valence-electron chi connectivity index (χ1n) is 4.00. The number of carbonyl (C=O) groups is 2. The molecule has 4 heteroatoms. The van der Waals surface area contributed by atoms with Crippen LogP contribution in [0.1, 0.15) is 23.8 Å². The van der Waals surface area contributed by atoms with Crippen LogP contribution >= 0.6 is 15.9 Å². The lowest BCUT2D eigenvalue weighted by Gasteiger charge is -2.02. The molecule has 0 N–H and O–H groups in total. The van der Waals surface area contributed by atoms with Crippen LogP contribution in [-0.4, -0.2) is 16.6 Å². The Hall–Kier alpha value is -0.900. The molecule has 0 aliphatic rings. The van der Waals surface area contributed by atoms with Crippen molar-refractivity contribution >= 4 is 28.0 Å². The lowest BCUT2D eigenvalue weighted by molar-refractivity contribution is -0.119. The average molecular weight is 244 g/mol. The van der Waals surface area contributed by atoms with E-state index in [1.165, 1.54) is 0 Å². The number of hydrogen-bond donors (Lipinski definition) is 0. The zero-order chi connectivity index (χ0) is 9.84. The number of aldehydes is 1. The summed E-state index contributed by atoms with van der Waals surface area (Å²) in [5, 5.41) is 0. The van der Waals surface area contributed by atoms with Crippen LogP contribution in [0.5, 0.6) is 0 Å². The van der Waals surface area contributed by atoms with Crippen LogP contribution in [-0.2, 0) is 11.3 Å². The number of Topliss-reactive ketones (excluding diaryl/α,β-unsaturated/α-hetero) is 1. The maximum Gasteiger partial charge on any atom is 0.167 e. The standard InChI is InChI=1S/C9H10BrNO2/c1-2-7(13)5-11-4-3-8(10)9(11)6-12/h3-4,6H,2,5H2,1H3. The second-order valence-corrected chi connectivity index (χ2v) is 3.54. The normalized spacial score (nSPS) is 10.0. The van der Waals surface area contributed by atoms with Gasteiger partial charge >= 0.3 is 0 Å². The summed E-state index contributed by atoms with van der Waals surface area (Å²) in [4.78, 5) is 21.7. The van der Waals surface area contributed by atoms with Crippen molar-refractivity contribution in [2.24, 2.45) is 0 Å². The Morgan fingerprint density at radius 2 is 2.38 bits per heavy atom. The maximum absolute atomic E-state index is 11.1. The van der Waals surface area contributed by atoms with Gasteiger partial charge in [-0.3, -0.25) is 9.59 Å². The number of rotatable bonds is 4. The molecule has 0 fully saturated rings. The van der Waals surface area contributed by atoms with E-state index in [1.54, 1.807) is 16.8 Å². The molecule has 1 aromatic rings. The minimum atomic E-state index is 0.117. The fraction of sp³-hybridized carbons (Fsp3) is 0.333. The summed E-state index contributed by atoms with van der Waals surface area (Å²) in [5.74, 6) is 0.117. The van der Waals surface area contributed by atoms with Crippen LogP contribution in [0.2, 0.25) is 0 Å². The smallest absolute Gasteiger partial charge is 0.167 e. The fourth-order valence-corrected chi connectivity index (χ4v) is 1.46. The number of hydrogen-bond acceptors (Lipinski definition) is 2. The Morgan fingerprint density at radius 3 is 2.92 bits per heavy atom. The van der Waals surface area contributed by atoms with Crippen LogP contribution in [0.25, 0.3) is 0 Å². The van der Waals surface area contributed by atoms with Crippen LogP contribution in [0.4, 0.5) is 0 Å². The predicted molar refractivity (Wildman–Crippen MR) is 52.8 cm³/mol. The number of halogens is 1. The third kappa shape index (κ3) is 2.28. The zero-order valence-corrected chi connectivity index (χ0v) is 8.87. The number of nitrogens with zero attached hydrogens (tertiary/aromatic N) is 1. The third-order valence-corrected chi connectivity index (χ3v) is 2.48. The van der Waals surface area contributed by atoms with Crippen LogP contribution in [0.15, 0.2) is 16.7 Å². The van der Waals surface area contributed by atoms with E-state index in [9.17, 15) is 9.59 Å². The molecule has 1 aromatic heterocycles. The second-order valence-electron chi connectivity index (χ2n) is 2.69. The molecule has 0 aliphatic heterocycles. The first kappa shape index (κ1) is 10.2. The SMILES string of the molecule is CCC(=O)Cn1ccc(Br)c1C=O. The van der Waals surface area contributed by atoms with E-state index in [4.69, 9.17) is 0 Å². The monoisotopic (exact) mass is 243 g/mol. The van der Waals surface area contributed by atoms with Crippen molar-refractivity contribution in [3.05, 3.63) is 22.4 Å². The largest absolute Gasteiger partial charge is 0.337 e. The maximum atomic E-state index is 11.1. The molecule has 0 radical (unpaired) electrons. The van der Waals surface area contributed by atoms with Gasteiger partial charge in [-0.2, -0.15) is 0 Å². The molecule has 0 saturated carbocycles. The lowest BCUT2D eigenvalue weighted by Crippen LogP contribution is -2.10. The van der Waals surface area contributed by atoms with Crippen molar-refractivity contribution in [3.8, 4) is 0 Å². The summed E-state index contributed by atoms with van der Waals surface area (Å²) in [6.45, 7) is 2.08. The van der Waals surface area contributed by atoms with Gasteiger partial charge in [0.1, 0.15) is 0 Å². The minimum Gasteiger partial charge on any atom is -0.337 e. The molecule has 0 aliphatic carbocycles. The Labute approximate surface area is 84.9 Å². The van der Waals surface area contributed by atoms with Gasteiger partial charge in [0.25, 0.3) is 0 Å². The predicted octanol–water partition coefficient (Wildman–Crippen LogP) is 2.04. The molecular formula is C9H10BrNO2. The molecular weight excluding hydrogens is 234 g/mol. The quantitative estimate of drug-likeness (QED) is 0.760. The Bertz CT molecular complexity index is 330. The van der Waals surface area contributed by atoms with Crippen LogP contribution < -0.4 is 0 Å².